The fourth-order valence-electron chi connectivity index (χ4n) is 3.98. The zero-order chi connectivity index (χ0) is 17.1. The van der Waals surface area contributed by atoms with Gasteiger partial charge in [0.1, 0.15) is 0 Å². The first-order valence-corrected chi connectivity index (χ1v) is 8.83. The highest BCUT2D eigenvalue weighted by atomic mass is 16.5. The molecule has 0 aromatic heterocycles. The molecule has 0 radical (unpaired) electrons. The topological polar surface area (TPSA) is 66.8 Å². The van der Waals surface area contributed by atoms with Crippen molar-refractivity contribution in [3.63, 3.8) is 0 Å². The van der Waals surface area contributed by atoms with Crippen LogP contribution in [-0.4, -0.2) is 47.7 Å². The van der Waals surface area contributed by atoms with Crippen LogP contribution in [0.5, 0.6) is 0 Å². The number of nitrogens with zero attached hydrogens (tertiary/aromatic N) is 1. The van der Waals surface area contributed by atoms with Crippen molar-refractivity contribution in [3.8, 4) is 0 Å². The number of carboxylic acid groups (broad SMARTS) is 1. The van der Waals surface area contributed by atoms with Crippen molar-refractivity contribution in [1.29, 1.82) is 0 Å². The average Bonchev–Trinajstić information content (AvgIpc) is 3.11. The van der Waals surface area contributed by atoms with E-state index in [0.29, 0.717) is 26.1 Å². The number of carboxylic acids is 1. The zero-order valence-electron chi connectivity index (χ0n) is 14.1. The van der Waals surface area contributed by atoms with Gasteiger partial charge in [0.2, 0.25) is 0 Å². The molecular weight excluding hydrogens is 306 g/mol. The van der Waals surface area contributed by atoms with Crippen molar-refractivity contribution in [2.45, 2.75) is 38.7 Å². The predicted molar refractivity (Wildman–Crippen MR) is 89.9 cm³/mol. The summed E-state index contributed by atoms with van der Waals surface area (Å²) in [6.07, 6.45) is 2.88. The Balaban J connectivity index is 1.63. The van der Waals surface area contributed by atoms with E-state index in [2.05, 4.69) is 6.92 Å². The molecule has 0 bridgehead atoms. The molecule has 2 aliphatic heterocycles. The van der Waals surface area contributed by atoms with Gasteiger partial charge in [-0.15, -0.1) is 0 Å². The average molecular weight is 331 g/mol. The van der Waals surface area contributed by atoms with E-state index in [4.69, 9.17) is 4.74 Å². The molecule has 2 atom stereocenters. The van der Waals surface area contributed by atoms with Gasteiger partial charge in [0, 0.05) is 25.3 Å². The molecule has 2 aliphatic rings. The summed E-state index contributed by atoms with van der Waals surface area (Å²) in [6, 6.07) is 7.77. The number of benzene rings is 1. The van der Waals surface area contributed by atoms with E-state index < -0.39 is 11.9 Å². The van der Waals surface area contributed by atoms with Crippen LogP contribution in [-0.2, 0) is 16.0 Å². The van der Waals surface area contributed by atoms with Gasteiger partial charge in [-0.1, -0.05) is 25.1 Å². The Morgan fingerprint density at radius 1 is 1.21 bits per heavy atom. The highest BCUT2D eigenvalue weighted by Crippen LogP contribution is 2.33. The summed E-state index contributed by atoms with van der Waals surface area (Å²) in [5.74, 6) is -0.821. The SMILES string of the molecule is CCc1ccccc1C(=O)N1CCC([C@@H]2OCCC2C(=O)O)CC1. The maximum absolute atomic E-state index is 12.8. The zero-order valence-corrected chi connectivity index (χ0v) is 14.1. The number of rotatable bonds is 4. The number of likely N-dealkylation sites (tertiary alicyclic amines) is 1. The van der Waals surface area contributed by atoms with E-state index in [1.807, 2.05) is 29.2 Å². The van der Waals surface area contributed by atoms with Crippen molar-refractivity contribution < 1.29 is 19.4 Å². The number of hydrogen-bond donors (Lipinski definition) is 1. The molecule has 3 rings (SSSR count). The summed E-state index contributed by atoms with van der Waals surface area (Å²) < 4.78 is 5.70. The molecular formula is C19H25NO4. The fraction of sp³-hybridized carbons (Fsp3) is 0.579. The van der Waals surface area contributed by atoms with Crippen LogP contribution < -0.4 is 0 Å². The first-order chi connectivity index (χ1) is 11.6. The van der Waals surface area contributed by atoms with Crippen LogP contribution in [0.3, 0.4) is 0 Å². The Bertz CT molecular complexity index is 607. The molecule has 0 aliphatic carbocycles. The Kier molecular flexibility index (Phi) is 5.19. The fourth-order valence-corrected chi connectivity index (χ4v) is 3.98. The van der Waals surface area contributed by atoms with Gasteiger partial charge >= 0.3 is 5.97 Å². The number of hydrogen-bond acceptors (Lipinski definition) is 3. The molecule has 5 heteroatoms. The number of piperidine rings is 1. The molecule has 1 amide bonds. The third kappa shape index (κ3) is 3.31. The number of amides is 1. The first-order valence-electron chi connectivity index (χ1n) is 8.83. The number of aliphatic carboxylic acids is 1. The molecule has 24 heavy (non-hydrogen) atoms. The van der Waals surface area contributed by atoms with Gasteiger partial charge in [0.25, 0.3) is 5.91 Å². The number of ether oxygens (including phenoxy) is 1. The highest BCUT2D eigenvalue weighted by molar-refractivity contribution is 5.95. The Hall–Kier alpha value is -1.88. The third-order valence-electron chi connectivity index (χ3n) is 5.37. The second-order valence-electron chi connectivity index (χ2n) is 6.71. The van der Waals surface area contributed by atoms with Crippen LogP contribution in [0.4, 0.5) is 0 Å². The maximum atomic E-state index is 12.8. The lowest BCUT2D eigenvalue weighted by Gasteiger charge is -2.35. The molecule has 1 N–H and O–H groups in total. The van der Waals surface area contributed by atoms with E-state index in [0.717, 1.165) is 30.4 Å². The van der Waals surface area contributed by atoms with Crippen molar-refractivity contribution in [1.82, 2.24) is 4.90 Å². The summed E-state index contributed by atoms with van der Waals surface area (Å²) in [5, 5.41) is 9.32. The molecule has 0 saturated carbocycles. The maximum Gasteiger partial charge on any atom is 0.309 e. The minimum Gasteiger partial charge on any atom is -0.481 e. The highest BCUT2D eigenvalue weighted by Gasteiger charge is 2.40. The first kappa shape index (κ1) is 17.0. The summed E-state index contributed by atoms with van der Waals surface area (Å²) in [7, 11) is 0. The second-order valence-corrected chi connectivity index (χ2v) is 6.71. The molecule has 1 aromatic rings. The minimum absolute atomic E-state index is 0.0908. The van der Waals surface area contributed by atoms with Gasteiger partial charge in [0.15, 0.2) is 0 Å². The molecule has 130 valence electrons. The lowest BCUT2D eigenvalue weighted by atomic mass is 9.84. The lowest BCUT2D eigenvalue weighted by molar-refractivity contribution is -0.145. The molecule has 1 aromatic carbocycles. The van der Waals surface area contributed by atoms with Gasteiger partial charge in [-0.3, -0.25) is 9.59 Å². The van der Waals surface area contributed by atoms with Gasteiger partial charge in [-0.25, -0.2) is 0 Å². The van der Waals surface area contributed by atoms with Crippen LogP contribution in [0.15, 0.2) is 24.3 Å². The monoisotopic (exact) mass is 331 g/mol. The molecule has 2 fully saturated rings. The third-order valence-corrected chi connectivity index (χ3v) is 5.37. The smallest absolute Gasteiger partial charge is 0.309 e. The normalized spacial score (nSPS) is 25.0. The lowest BCUT2D eigenvalue weighted by Crippen LogP contribution is -2.43. The molecule has 2 saturated heterocycles. The quantitative estimate of drug-likeness (QED) is 0.921. The van der Waals surface area contributed by atoms with Crippen LogP contribution in [0.1, 0.15) is 42.1 Å². The van der Waals surface area contributed by atoms with Gasteiger partial charge in [-0.05, 0) is 43.2 Å². The van der Waals surface area contributed by atoms with Crippen molar-refractivity contribution in [2.24, 2.45) is 11.8 Å². The minimum atomic E-state index is -0.757. The predicted octanol–water partition coefficient (Wildman–Crippen LogP) is 2.59. The van der Waals surface area contributed by atoms with E-state index in [1.165, 1.54) is 0 Å². The van der Waals surface area contributed by atoms with E-state index >= 15 is 0 Å². The number of carbonyl (C=O) groups excluding carboxylic acids is 1. The summed E-state index contributed by atoms with van der Waals surface area (Å²) in [5.41, 5.74) is 1.87. The van der Waals surface area contributed by atoms with E-state index in [9.17, 15) is 14.7 Å². The van der Waals surface area contributed by atoms with E-state index in [-0.39, 0.29) is 17.9 Å². The summed E-state index contributed by atoms with van der Waals surface area (Å²) in [4.78, 5) is 26.0. The van der Waals surface area contributed by atoms with Crippen LogP contribution in [0.2, 0.25) is 0 Å². The molecule has 0 spiro atoms. The summed E-state index contributed by atoms with van der Waals surface area (Å²) in [6.45, 7) is 3.94. The van der Waals surface area contributed by atoms with Crippen molar-refractivity contribution in [3.05, 3.63) is 35.4 Å². The standard InChI is InChI=1S/C19H25NO4/c1-2-13-5-3-4-6-15(13)18(21)20-10-7-14(8-11-20)17-16(19(22)23)9-12-24-17/h3-6,14,16-17H,2,7-12H2,1H3,(H,22,23)/t16?,17-/m0/s1. The van der Waals surface area contributed by atoms with Crippen LogP contribution in [0.25, 0.3) is 0 Å². The largest absolute Gasteiger partial charge is 0.481 e. The van der Waals surface area contributed by atoms with E-state index in [1.54, 1.807) is 0 Å². The van der Waals surface area contributed by atoms with Crippen molar-refractivity contribution in [2.75, 3.05) is 19.7 Å². The number of aryl methyl sites for hydroxylation is 1. The van der Waals surface area contributed by atoms with Gasteiger partial charge in [0.05, 0.1) is 12.0 Å². The second kappa shape index (κ2) is 7.34. The van der Waals surface area contributed by atoms with Crippen molar-refractivity contribution >= 4 is 11.9 Å². The molecule has 2 heterocycles. The summed E-state index contributed by atoms with van der Waals surface area (Å²) >= 11 is 0. The Labute approximate surface area is 142 Å². The van der Waals surface area contributed by atoms with Gasteiger partial charge < -0.3 is 14.7 Å². The molecule has 1 unspecified atom stereocenters. The molecule has 5 nitrogen and oxygen atoms in total. The number of carbonyl (C=O) groups is 2. The van der Waals surface area contributed by atoms with Gasteiger partial charge in [-0.2, -0.15) is 0 Å². The van der Waals surface area contributed by atoms with Crippen LogP contribution >= 0.6 is 0 Å². The Morgan fingerprint density at radius 3 is 2.58 bits per heavy atom. The Morgan fingerprint density at radius 2 is 1.92 bits per heavy atom. The van der Waals surface area contributed by atoms with Crippen LogP contribution in [0, 0.1) is 11.8 Å².